The molecule has 0 aromatic carbocycles. The maximum absolute atomic E-state index is 5.55. The minimum atomic E-state index is 0.0486. The van der Waals surface area contributed by atoms with Crippen molar-refractivity contribution in [1.82, 2.24) is 0 Å². The molecule has 0 radical (unpaired) electrons. The summed E-state index contributed by atoms with van der Waals surface area (Å²) in [7, 11) is 0. The Balaban J connectivity index is 2.04. The van der Waals surface area contributed by atoms with Crippen molar-refractivity contribution in [2.45, 2.75) is 51.1 Å². The van der Waals surface area contributed by atoms with Crippen LogP contribution < -0.4 is 0 Å². The Kier molecular flexibility index (Phi) is 3.38. The third-order valence-electron chi connectivity index (χ3n) is 2.95. The van der Waals surface area contributed by atoms with Gasteiger partial charge in [-0.1, -0.05) is 13.8 Å². The van der Waals surface area contributed by atoms with E-state index in [2.05, 4.69) is 13.8 Å². The second-order valence-corrected chi connectivity index (χ2v) is 3.73. The van der Waals surface area contributed by atoms with E-state index in [1.165, 1.54) is 0 Å². The van der Waals surface area contributed by atoms with E-state index < -0.39 is 0 Å². The number of hydrogen-bond acceptors (Lipinski definition) is 4. The normalized spacial score (nSPS) is 43.3. The maximum Gasteiger partial charge on any atom is 0.147 e. The van der Waals surface area contributed by atoms with Crippen LogP contribution in [0.1, 0.15) is 26.7 Å². The predicted octanol–water partition coefficient (Wildman–Crippen LogP) is 1.29. The van der Waals surface area contributed by atoms with Crippen molar-refractivity contribution in [1.29, 1.82) is 0 Å². The zero-order valence-corrected chi connectivity index (χ0v) is 8.77. The first-order valence-corrected chi connectivity index (χ1v) is 5.33. The fraction of sp³-hybridized carbons (Fsp3) is 1.00. The summed E-state index contributed by atoms with van der Waals surface area (Å²) in [6.07, 6.45) is 2.33. The van der Waals surface area contributed by atoms with E-state index in [0.717, 1.165) is 12.8 Å². The number of rotatable bonds is 2. The van der Waals surface area contributed by atoms with Crippen LogP contribution in [0.4, 0.5) is 0 Å². The molecule has 2 fully saturated rings. The van der Waals surface area contributed by atoms with Crippen LogP contribution in [0.2, 0.25) is 0 Å². The summed E-state index contributed by atoms with van der Waals surface area (Å²) in [4.78, 5) is 0. The Hall–Kier alpha value is -0.160. The molecule has 0 saturated carbocycles. The Morgan fingerprint density at radius 3 is 1.57 bits per heavy atom. The van der Waals surface area contributed by atoms with E-state index in [9.17, 15) is 0 Å². The largest absolute Gasteiger partial charge is 0.349 e. The van der Waals surface area contributed by atoms with Crippen LogP contribution in [0.3, 0.4) is 0 Å². The molecule has 82 valence electrons. The summed E-state index contributed by atoms with van der Waals surface area (Å²) in [5.41, 5.74) is 0. The zero-order chi connectivity index (χ0) is 9.97. The molecule has 0 aromatic heterocycles. The monoisotopic (exact) mass is 202 g/mol. The first kappa shape index (κ1) is 10.4. The van der Waals surface area contributed by atoms with Gasteiger partial charge in [-0.3, -0.25) is 0 Å². The summed E-state index contributed by atoms with van der Waals surface area (Å²) in [5.74, 6) is 0. The molecule has 0 aliphatic carbocycles. The van der Waals surface area contributed by atoms with Crippen LogP contribution in [0.5, 0.6) is 0 Å². The van der Waals surface area contributed by atoms with E-state index in [1.54, 1.807) is 0 Å². The molecule has 4 nitrogen and oxygen atoms in total. The Morgan fingerprint density at radius 2 is 1.21 bits per heavy atom. The van der Waals surface area contributed by atoms with Gasteiger partial charge in [0.25, 0.3) is 0 Å². The predicted molar refractivity (Wildman–Crippen MR) is 49.8 cm³/mol. The fourth-order valence-corrected chi connectivity index (χ4v) is 2.13. The highest BCUT2D eigenvalue weighted by Gasteiger charge is 2.42. The molecule has 4 atom stereocenters. The summed E-state index contributed by atoms with van der Waals surface area (Å²) in [6.45, 7) is 4.94. The van der Waals surface area contributed by atoms with Crippen LogP contribution in [0.25, 0.3) is 0 Å². The summed E-state index contributed by atoms with van der Waals surface area (Å²) in [6, 6.07) is 0. The SMILES string of the molecule is CCC1OCOC2C1OCO[C@@H]2CC. The van der Waals surface area contributed by atoms with Gasteiger partial charge in [0, 0.05) is 0 Å². The lowest BCUT2D eigenvalue weighted by atomic mass is 9.98. The quantitative estimate of drug-likeness (QED) is 0.676. The maximum atomic E-state index is 5.55. The van der Waals surface area contributed by atoms with Crippen LogP contribution in [-0.2, 0) is 18.9 Å². The van der Waals surface area contributed by atoms with Gasteiger partial charge in [0.1, 0.15) is 25.8 Å². The molecule has 2 heterocycles. The molecule has 2 saturated heterocycles. The van der Waals surface area contributed by atoms with Gasteiger partial charge in [-0.05, 0) is 12.8 Å². The van der Waals surface area contributed by atoms with E-state index in [-0.39, 0.29) is 24.4 Å². The molecular weight excluding hydrogens is 184 g/mol. The first-order valence-electron chi connectivity index (χ1n) is 5.33. The van der Waals surface area contributed by atoms with Crippen molar-refractivity contribution in [2.75, 3.05) is 13.6 Å². The second kappa shape index (κ2) is 4.57. The van der Waals surface area contributed by atoms with E-state index in [4.69, 9.17) is 18.9 Å². The highest BCUT2D eigenvalue weighted by molar-refractivity contribution is 4.88. The van der Waals surface area contributed by atoms with Crippen molar-refractivity contribution in [3.63, 3.8) is 0 Å². The van der Waals surface area contributed by atoms with Gasteiger partial charge in [-0.2, -0.15) is 0 Å². The Labute approximate surface area is 84.5 Å². The van der Waals surface area contributed by atoms with Crippen molar-refractivity contribution in [2.24, 2.45) is 0 Å². The molecule has 4 heteroatoms. The summed E-state index contributed by atoms with van der Waals surface area (Å²) >= 11 is 0. The summed E-state index contributed by atoms with van der Waals surface area (Å²) in [5, 5.41) is 0. The lowest BCUT2D eigenvalue weighted by molar-refractivity contribution is -0.322. The van der Waals surface area contributed by atoms with Crippen molar-refractivity contribution in [3.8, 4) is 0 Å². The average molecular weight is 202 g/mol. The fourth-order valence-electron chi connectivity index (χ4n) is 2.13. The zero-order valence-electron chi connectivity index (χ0n) is 8.77. The van der Waals surface area contributed by atoms with E-state index in [1.807, 2.05) is 0 Å². The molecule has 3 unspecified atom stereocenters. The number of hydrogen-bond donors (Lipinski definition) is 0. The van der Waals surface area contributed by atoms with Gasteiger partial charge < -0.3 is 18.9 Å². The van der Waals surface area contributed by atoms with E-state index >= 15 is 0 Å². The smallest absolute Gasteiger partial charge is 0.147 e. The van der Waals surface area contributed by atoms with Gasteiger partial charge >= 0.3 is 0 Å². The summed E-state index contributed by atoms with van der Waals surface area (Å²) < 4.78 is 22.1. The molecule has 0 spiro atoms. The highest BCUT2D eigenvalue weighted by Crippen LogP contribution is 2.28. The van der Waals surface area contributed by atoms with Crippen molar-refractivity contribution >= 4 is 0 Å². The second-order valence-electron chi connectivity index (χ2n) is 3.73. The molecule has 14 heavy (non-hydrogen) atoms. The Morgan fingerprint density at radius 1 is 0.786 bits per heavy atom. The molecular formula is C10H18O4. The number of fused-ring (bicyclic) bond motifs is 1. The van der Waals surface area contributed by atoms with Gasteiger partial charge in [0.05, 0.1) is 12.2 Å². The third kappa shape index (κ3) is 1.80. The number of ether oxygens (including phenoxy) is 4. The molecule has 2 aliphatic heterocycles. The van der Waals surface area contributed by atoms with Gasteiger partial charge in [-0.25, -0.2) is 0 Å². The molecule has 2 aliphatic rings. The lowest BCUT2D eigenvalue weighted by Crippen LogP contribution is -2.56. The first-order chi connectivity index (χ1) is 6.86. The standard InChI is InChI=1S/C10H18O4/c1-3-7-9-10(14-5-11-7)8(4-2)12-6-13-9/h7-10H,3-6H2,1-2H3/t7-,8?,9?,10?/m1/s1. The molecule has 0 N–H and O–H groups in total. The Bertz CT molecular complexity index is 165. The molecule has 0 bridgehead atoms. The molecule has 2 rings (SSSR count). The van der Waals surface area contributed by atoms with Gasteiger partial charge in [-0.15, -0.1) is 0 Å². The van der Waals surface area contributed by atoms with Crippen LogP contribution in [-0.4, -0.2) is 38.0 Å². The minimum absolute atomic E-state index is 0.0486. The molecule has 0 amide bonds. The van der Waals surface area contributed by atoms with Crippen LogP contribution >= 0.6 is 0 Å². The van der Waals surface area contributed by atoms with Crippen LogP contribution in [0, 0.1) is 0 Å². The highest BCUT2D eigenvalue weighted by atomic mass is 16.8. The van der Waals surface area contributed by atoms with Crippen molar-refractivity contribution in [3.05, 3.63) is 0 Å². The minimum Gasteiger partial charge on any atom is -0.349 e. The van der Waals surface area contributed by atoms with Crippen molar-refractivity contribution < 1.29 is 18.9 Å². The topological polar surface area (TPSA) is 36.9 Å². The average Bonchev–Trinajstić information content (AvgIpc) is 2.27. The lowest BCUT2D eigenvalue weighted by Gasteiger charge is -2.43. The molecule has 0 aromatic rings. The van der Waals surface area contributed by atoms with E-state index in [0.29, 0.717) is 13.6 Å². The van der Waals surface area contributed by atoms with Gasteiger partial charge in [0.2, 0.25) is 0 Å². The van der Waals surface area contributed by atoms with Crippen LogP contribution in [0.15, 0.2) is 0 Å². The van der Waals surface area contributed by atoms with Gasteiger partial charge in [0.15, 0.2) is 0 Å². The third-order valence-corrected chi connectivity index (χ3v) is 2.95.